The minimum absolute atomic E-state index is 0. The predicted octanol–water partition coefficient (Wildman–Crippen LogP) is -1.40. The van der Waals surface area contributed by atoms with Crippen LogP contribution in [0, 0.1) is 0 Å². The summed E-state index contributed by atoms with van der Waals surface area (Å²) in [5.41, 5.74) is 0. The maximum atomic E-state index is 8.88. The molecule has 0 spiro atoms. The summed E-state index contributed by atoms with van der Waals surface area (Å²) in [6, 6.07) is 0. The molecule has 0 aliphatic carbocycles. The van der Waals surface area contributed by atoms with Crippen molar-refractivity contribution in [2.45, 2.75) is 0 Å². The molecule has 0 fully saturated rings. The van der Waals surface area contributed by atoms with Crippen LogP contribution in [-0.4, -0.2) is 132 Å². The van der Waals surface area contributed by atoms with E-state index in [2.05, 4.69) is 0 Å². The Bertz CT molecular complexity index is 76.0. The Kier molecular flexibility index (Phi) is 31.0. The minimum atomic E-state index is -4.64. The van der Waals surface area contributed by atoms with Crippen molar-refractivity contribution in [3.8, 4) is 0 Å². The van der Waals surface area contributed by atoms with E-state index < -0.39 is 7.82 Å². The second-order valence-electron chi connectivity index (χ2n) is 0.513. The molecule has 0 radical (unpaired) electrons. The van der Waals surface area contributed by atoms with Crippen molar-refractivity contribution in [1.29, 1.82) is 0 Å². The summed E-state index contributed by atoms with van der Waals surface area (Å²) in [6.07, 6.45) is 0. The number of hydrogen-bond acceptors (Lipinski definition) is 1. The first kappa shape index (κ1) is 22.7. The second kappa shape index (κ2) is 10.9. The third kappa shape index (κ3) is 51.3. The molecule has 0 aromatic carbocycles. The van der Waals surface area contributed by atoms with Gasteiger partial charge < -0.3 is 23.2 Å². The van der Waals surface area contributed by atoms with Crippen LogP contribution in [0.4, 0.5) is 0 Å². The average Bonchev–Trinajstić information content (AvgIpc) is 0.722. The quantitative estimate of drug-likeness (QED) is 0.370. The van der Waals surface area contributed by atoms with E-state index >= 15 is 0 Å². The van der Waals surface area contributed by atoms with E-state index in [1.165, 1.54) is 0 Å². The smallest absolute Gasteiger partial charge is 1.00 e. The molecule has 0 bridgehead atoms. The predicted molar refractivity (Wildman–Crippen MR) is 38.2 cm³/mol. The van der Waals surface area contributed by atoms with Crippen LogP contribution in [0.15, 0.2) is 0 Å². The molecule has 0 aromatic rings. The summed E-state index contributed by atoms with van der Waals surface area (Å²) in [7, 11) is -4.64. The summed E-state index contributed by atoms with van der Waals surface area (Å²) < 4.78 is 8.88. The molecule has 0 aliphatic heterocycles. The Balaban J connectivity index is -0.00000000222. The van der Waals surface area contributed by atoms with Crippen LogP contribution in [0.3, 0.4) is 0 Å². The van der Waals surface area contributed by atoms with Gasteiger partial charge in [-0.15, -0.1) is 0 Å². The van der Waals surface area contributed by atoms with Crippen LogP contribution in [0.1, 0.15) is 8.56 Å². The number of rotatable bonds is 0. The van der Waals surface area contributed by atoms with Crippen molar-refractivity contribution < 1.29 is 27.8 Å². The summed E-state index contributed by atoms with van der Waals surface area (Å²) >= 11 is 0. The van der Waals surface area contributed by atoms with Gasteiger partial charge in [0.15, 0.2) is 0 Å². The molecule has 0 amide bonds. The van der Waals surface area contributed by atoms with E-state index in [1.54, 1.807) is 0 Å². The van der Waals surface area contributed by atoms with Gasteiger partial charge in [-0.25, -0.2) is 4.57 Å². The van der Waals surface area contributed by atoms with Gasteiger partial charge in [-0.1, -0.05) is 0 Å². The van der Waals surface area contributed by atoms with Crippen molar-refractivity contribution >= 4 is 125 Å². The van der Waals surface area contributed by atoms with Gasteiger partial charge in [-0.2, -0.15) is 0 Å². The zero-order chi connectivity index (χ0) is 4.50. The summed E-state index contributed by atoms with van der Waals surface area (Å²) in [6.45, 7) is 0. The SMILES string of the molecule is O=P(O)(O)O.[Ba+2].[H-].[H-].[H-].[H-].[H-].[H-].[Mg+2].[Sr+2]. The van der Waals surface area contributed by atoms with E-state index in [4.69, 9.17) is 19.2 Å². The largest absolute Gasteiger partial charge is 2.00 e. The molecule has 0 saturated heterocycles. The summed E-state index contributed by atoms with van der Waals surface area (Å²) in [5.74, 6) is 0. The standard InChI is InChI=1S/Ba.Mg.H3O4P.Sr.6H/c;;1-5(2,3)4;;;;;;;/h;;(H3,1,2,3,4);;;;;;;/q2*+2;;+2;6*-1. The molecular formula is H9BaMgO4PSr. The monoisotopic (exact) mass is 354 g/mol. The zero-order valence-corrected chi connectivity index (χ0v) is 14.5. The molecule has 8 heteroatoms. The zero-order valence-electron chi connectivity index (χ0n) is 10.3. The van der Waals surface area contributed by atoms with Crippen LogP contribution in [0.25, 0.3) is 0 Å². The average molecular weight is 353 g/mol. The van der Waals surface area contributed by atoms with E-state index in [9.17, 15) is 0 Å². The minimum Gasteiger partial charge on any atom is -1.00 e. The molecule has 3 N–H and O–H groups in total. The Hall–Kier alpha value is 3.93. The molecule has 0 heterocycles. The molecule has 0 atom stereocenters. The van der Waals surface area contributed by atoms with E-state index in [-0.39, 0.29) is 126 Å². The Labute approximate surface area is 149 Å². The van der Waals surface area contributed by atoms with Crippen molar-refractivity contribution in [3.05, 3.63) is 0 Å². The van der Waals surface area contributed by atoms with Crippen molar-refractivity contribution in [1.82, 2.24) is 0 Å². The first-order chi connectivity index (χ1) is 2.00. The topological polar surface area (TPSA) is 77.8 Å². The van der Waals surface area contributed by atoms with Gasteiger partial charge in [-0.3, -0.25) is 0 Å². The fourth-order valence-electron chi connectivity index (χ4n) is 0. The molecule has 4 nitrogen and oxygen atoms in total. The third-order valence-electron chi connectivity index (χ3n) is 0. The van der Waals surface area contributed by atoms with Crippen molar-refractivity contribution in [2.24, 2.45) is 0 Å². The van der Waals surface area contributed by atoms with Crippen LogP contribution < -0.4 is 0 Å². The van der Waals surface area contributed by atoms with Gasteiger partial charge in [0.1, 0.15) is 0 Å². The van der Waals surface area contributed by atoms with Crippen LogP contribution in [-0.2, 0) is 4.57 Å². The van der Waals surface area contributed by atoms with Crippen LogP contribution in [0.2, 0.25) is 0 Å². The van der Waals surface area contributed by atoms with Crippen molar-refractivity contribution in [3.63, 3.8) is 0 Å². The van der Waals surface area contributed by atoms with Gasteiger partial charge in [0.25, 0.3) is 0 Å². The maximum Gasteiger partial charge on any atom is 2.00 e. The van der Waals surface area contributed by atoms with Gasteiger partial charge >= 0.3 is 125 Å². The Morgan fingerprint density at radius 3 is 1.25 bits per heavy atom. The first-order valence-corrected chi connectivity index (χ1v) is 2.35. The summed E-state index contributed by atoms with van der Waals surface area (Å²) in [5, 5.41) is 0. The molecule has 0 aromatic heterocycles. The molecule has 44 valence electrons. The Morgan fingerprint density at radius 1 is 1.25 bits per heavy atom. The fraction of sp³-hybridized carbons (Fsp3) is 0. The van der Waals surface area contributed by atoms with Gasteiger partial charge in [0, 0.05) is 0 Å². The molecule has 8 heavy (non-hydrogen) atoms. The van der Waals surface area contributed by atoms with E-state index in [0.717, 1.165) is 0 Å². The molecular weight excluding hydrogens is 344 g/mol. The number of hydrogen-bond donors (Lipinski definition) is 3. The second-order valence-corrected chi connectivity index (χ2v) is 1.54. The van der Waals surface area contributed by atoms with E-state index in [1.807, 2.05) is 0 Å². The third-order valence-corrected chi connectivity index (χ3v) is 0. The number of phosphoric acid groups is 1. The van der Waals surface area contributed by atoms with E-state index in [0.29, 0.717) is 0 Å². The molecule has 0 unspecified atom stereocenters. The first-order valence-electron chi connectivity index (χ1n) is 0.783. The molecule has 0 aliphatic rings. The van der Waals surface area contributed by atoms with Gasteiger partial charge in [-0.05, 0) is 0 Å². The Morgan fingerprint density at radius 2 is 1.25 bits per heavy atom. The van der Waals surface area contributed by atoms with Crippen LogP contribution >= 0.6 is 7.82 Å². The van der Waals surface area contributed by atoms with Gasteiger partial charge in [0.05, 0.1) is 0 Å². The fourth-order valence-corrected chi connectivity index (χ4v) is 0. The van der Waals surface area contributed by atoms with Crippen LogP contribution in [0.5, 0.6) is 0 Å². The normalized spacial score (nSPS) is 7.38. The maximum absolute atomic E-state index is 8.88. The molecule has 0 rings (SSSR count). The molecule has 0 saturated carbocycles. The van der Waals surface area contributed by atoms with Gasteiger partial charge in [0.2, 0.25) is 0 Å². The van der Waals surface area contributed by atoms with Crippen molar-refractivity contribution in [2.75, 3.05) is 0 Å². The summed E-state index contributed by atoms with van der Waals surface area (Å²) in [4.78, 5) is 21.6.